The van der Waals surface area contributed by atoms with Gasteiger partial charge in [-0.05, 0) is 37.3 Å². The lowest BCUT2D eigenvalue weighted by molar-refractivity contribution is 0.293. The van der Waals surface area contributed by atoms with Crippen LogP contribution in [0.1, 0.15) is 11.4 Å². The van der Waals surface area contributed by atoms with E-state index in [-0.39, 0.29) is 0 Å². The van der Waals surface area contributed by atoms with Crippen LogP contribution in [-0.4, -0.2) is 37.8 Å². The third-order valence-corrected chi connectivity index (χ3v) is 5.60. The average Bonchev–Trinajstić information content (AvgIpc) is 2.87. The molecule has 4 nitrogen and oxygen atoms in total. The Morgan fingerprint density at radius 1 is 1.26 bits per heavy atom. The van der Waals surface area contributed by atoms with Crippen molar-refractivity contribution in [3.63, 3.8) is 0 Å². The van der Waals surface area contributed by atoms with Gasteiger partial charge in [0.2, 0.25) is 0 Å². The van der Waals surface area contributed by atoms with E-state index in [2.05, 4.69) is 22.4 Å². The molecule has 6 heteroatoms. The zero-order chi connectivity index (χ0) is 15.6. The largest absolute Gasteiger partial charge is 0.496 e. The topological polar surface area (TPSA) is 37.4 Å². The Balaban J connectivity index is 1.79. The van der Waals surface area contributed by atoms with E-state index in [4.69, 9.17) is 21.3 Å². The molecule has 4 rings (SSSR count). The minimum Gasteiger partial charge on any atom is -0.496 e. The van der Waals surface area contributed by atoms with Crippen molar-refractivity contribution in [1.29, 1.82) is 0 Å². The zero-order valence-electron chi connectivity index (χ0n) is 12.7. The quantitative estimate of drug-likeness (QED) is 0.899. The van der Waals surface area contributed by atoms with E-state index in [1.807, 2.05) is 12.1 Å². The molecule has 0 spiro atoms. The molecule has 2 aromatic rings. The smallest absolute Gasteiger partial charge is 0.124 e. The molecule has 0 saturated carbocycles. The maximum atomic E-state index is 6.40. The Hall–Kier alpha value is -1.56. The molecule has 1 fully saturated rings. The molecule has 1 aromatic carbocycles. The Labute approximate surface area is 144 Å². The van der Waals surface area contributed by atoms with Crippen LogP contribution in [0.4, 0.5) is 5.69 Å². The number of allylic oxidation sites excluding steroid dienone is 2. The van der Waals surface area contributed by atoms with Gasteiger partial charge in [0.05, 0.1) is 21.7 Å². The lowest BCUT2D eigenvalue weighted by Crippen LogP contribution is -2.27. The SMILES string of the molecule is Clc1ccc(N2CCCNCC2)c2sc(C3=CC=COC3)nc12. The Morgan fingerprint density at radius 3 is 3.09 bits per heavy atom. The first-order valence-corrected chi connectivity index (χ1v) is 9.05. The van der Waals surface area contributed by atoms with E-state index in [9.17, 15) is 0 Å². The molecule has 2 aliphatic rings. The Kier molecular flexibility index (Phi) is 4.25. The lowest BCUT2D eigenvalue weighted by atomic mass is 10.2. The first-order valence-electron chi connectivity index (χ1n) is 7.85. The van der Waals surface area contributed by atoms with Gasteiger partial charge >= 0.3 is 0 Å². The van der Waals surface area contributed by atoms with Crippen molar-refractivity contribution >= 4 is 44.4 Å². The van der Waals surface area contributed by atoms with Crippen LogP contribution in [0.3, 0.4) is 0 Å². The second-order valence-electron chi connectivity index (χ2n) is 5.69. The predicted molar refractivity (Wildman–Crippen MR) is 97.4 cm³/mol. The number of nitrogens with one attached hydrogen (secondary N) is 1. The van der Waals surface area contributed by atoms with E-state index >= 15 is 0 Å². The van der Waals surface area contributed by atoms with Gasteiger partial charge in [-0.1, -0.05) is 11.6 Å². The summed E-state index contributed by atoms with van der Waals surface area (Å²) < 4.78 is 6.56. The van der Waals surface area contributed by atoms with Gasteiger partial charge in [0.1, 0.15) is 17.1 Å². The van der Waals surface area contributed by atoms with E-state index in [0.29, 0.717) is 11.6 Å². The lowest BCUT2D eigenvalue weighted by Gasteiger charge is -2.22. The normalized spacial score (nSPS) is 18.7. The van der Waals surface area contributed by atoms with E-state index in [1.165, 1.54) is 10.4 Å². The standard InChI is InChI=1S/C17H18ClN3OS/c18-13-4-5-14(21-8-2-6-19-7-9-21)16-15(13)20-17(23-16)12-3-1-10-22-11-12/h1,3-5,10,19H,2,6-9,11H2. The maximum Gasteiger partial charge on any atom is 0.124 e. The molecule has 0 unspecified atom stereocenters. The third-order valence-electron chi connectivity index (χ3n) is 4.14. The summed E-state index contributed by atoms with van der Waals surface area (Å²) in [5, 5.41) is 5.16. The van der Waals surface area contributed by atoms with E-state index in [1.54, 1.807) is 17.6 Å². The number of hydrogen-bond donors (Lipinski definition) is 1. The van der Waals surface area contributed by atoms with Crippen molar-refractivity contribution < 1.29 is 4.74 Å². The molecule has 23 heavy (non-hydrogen) atoms. The highest BCUT2D eigenvalue weighted by Gasteiger charge is 2.19. The number of ether oxygens (including phenoxy) is 1. The van der Waals surface area contributed by atoms with Crippen LogP contribution in [0.2, 0.25) is 5.02 Å². The minimum atomic E-state index is 0.566. The second-order valence-corrected chi connectivity index (χ2v) is 7.09. The number of thiazole rings is 1. The summed E-state index contributed by atoms with van der Waals surface area (Å²) in [4.78, 5) is 7.21. The molecule has 2 aliphatic heterocycles. The van der Waals surface area contributed by atoms with Gasteiger partial charge in [-0.25, -0.2) is 4.98 Å². The van der Waals surface area contributed by atoms with Crippen molar-refractivity contribution in [3.05, 3.63) is 40.6 Å². The molecule has 1 aromatic heterocycles. The molecule has 0 amide bonds. The van der Waals surface area contributed by atoms with Crippen molar-refractivity contribution in [2.75, 3.05) is 37.7 Å². The molecule has 120 valence electrons. The van der Waals surface area contributed by atoms with Crippen LogP contribution in [0.5, 0.6) is 0 Å². The van der Waals surface area contributed by atoms with E-state index in [0.717, 1.165) is 48.7 Å². The van der Waals surface area contributed by atoms with Crippen LogP contribution in [0.15, 0.2) is 30.5 Å². The molecule has 0 atom stereocenters. The van der Waals surface area contributed by atoms with Gasteiger partial charge in [-0.3, -0.25) is 0 Å². The molecular formula is C17H18ClN3OS. The van der Waals surface area contributed by atoms with E-state index < -0.39 is 0 Å². The second kappa shape index (κ2) is 6.51. The van der Waals surface area contributed by atoms with Gasteiger partial charge in [0.15, 0.2) is 0 Å². The van der Waals surface area contributed by atoms with Gasteiger partial charge in [-0.2, -0.15) is 0 Å². The molecule has 1 N–H and O–H groups in total. The zero-order valence-corrected chi connectivity index (χ0v) is 14.3. The summed E-state index contributed by atoms with van der Waals surface area (Å²) >= 11 is 8.11. The number of nitrogens with zero attached hydrogens (tertiary/aromatic N) is 2. The first kappa shape index (κ1) is 15.0. The molecule has 3 heterocycles. The summed E-state index contributed by atoms with van der Waals surface area (Å²) in [6.07, 6.45) is 6.83. The summed E-state index contributed by atoms with van der Waals surface area (Å²) in [5.74, 6) is 0. The van der Waals surface area contributed by atoms with Crippen LogP contribution >= 0.6 is 22.9 Å². The van der Waals surface area contributed by atoms with Gasteiger partial charge in [0, 0.05) is 25.2 Å². The van der Waals surface area contributed by atoms with Gasteiger partial charge < -0.3 is 15.0 Å². The number of benzene rings is 1. The summed E-state index contributed by atoms with van der Waals surface area (Å²) in [6.45, 7) is 4.73. The van der Waals surface area contributed by atoms with Crippen molar-refractivity contribution in [1.82, 2.24) is 10.3 Å². The fourth-order valence-electron chi connectivity index (χ4n) is 2.97. The summed E-state index contributed by atoms with van der Waals surface area (Å²) in [7, 11) is 0. The average molecular weight is 348 g/mol. The number of rotatable bonds is 2. The van der Waals surface area contributed by atoms with Crippen molar-refractivity contribution in [2.24, 2.45) is 0 Å². The minimum absolute atomic E-state index is 0.566. The first-order chi connectivity index (χ1) is 11.3. The van der Waals surface area contributed by atoms with Crippen LogP contribution in [-0.2, 0) is 4.74 Å². The molecule has 1 saturated heterocycles. The maximum absolute atomic E-state index is 6.40. The Morgan fingerprint density at radius 2 is 2.22 bits per heavy atom. The highest BCUT2D eigenvalue weighted by Crippen LogP contribution is 2.38. The molecule has 0 bridgehead atoms. The van der Waals surface area contributed by atoms with Crippen LogP contribution in [0, 0.1) is 0 Å². The van der Waals surface area contributed by atoms with Crippen molar-refractivity contribution in [3.8, 4) is 0 Å². The highest BCUT2D eigenvalue weighted by atomic mass is 35.5. The number of anilines is 1. The molecular weight excluding hydrogens is 330 g/mol. The number of halogens is 1. The fourth-order valence-corrected chi connectivity index (χ4v) is 4.36. The fraction of sp³-hybridized carbons (Fsp3) is 0.353. The highest BCUT2D eigenvalue weighted by molar-refractivity contribution is 7.20. The molecule has 0 aliphatic carbocycles. The van der Waals surface area contributed by atoms with Crippen LogP contribution in [0.25, 0.3) is 15.8 Å². The monoisotopic (exact) mass is 347 g/mol. The predicted octanol–water partition coefficient (Wildman–Crippen LogP) is 3.68. The summed E-state index contributed by atoms with van der Waals surface area (Å²) in [5.41, 5.74) is 3.25. The van der Waals surface area contributed by atoms with Gasteiger partial charge in [0.25, 0.3) is 0 Å². The number of hydrogen-bond acceptors (Lipinski definition) is 5. The third kappa shape index (κ3) is 2.96. The van der Waals surface area contributed by atoms with Gasteiger partial charge in [-0.15, -0.1) is 11.3 Å². The van der Waals surface area contributed by atoms with Crippen molar-refractivity contribution in [2.45, 2.75) is 6.42 Å². The summed E-state index contributed by atoms with van der Waals surface area (Å²) in [6, 6.07) is 4.09. The van der Waals surface area contributed by atoms with Crippen LogP contribution < -0.4 is 10.2 Å². The number of fused-ring (bicyclic) bond motifs is 1. The molecule has 0 radical (unpaired) electrons. The Bertz CT molecular complexity index is 775. The number of aromatic nitrogens is 1.